The minimum atomic E-state index is -0.226. The van der Waals surface area contributed by atoms with Crippen molar-refractivity contribution in [2.75, 3.05) is 11.5 Å². The van der Waals surface area contributed by atoms with E-state index in [4.69, 9.17) is 11.5 Å². The zero-order valence-electron chi connectivity index (χ0n) is 12.5. The van der Waals surface area contributed by atoms with E-state index >= 15 is 0 Å². The molecule has 22 heavy (non-hydrogen) atoms. The summed E-state index contributed by atoms with van der Waals surface area (Å²) in [5.41, 5.74) is 15.2. The molecule has 4 heteroatoms. The third kappa shape index (κ3) is 1.99. The molecule has 0 bridgehead atoms. The van der Waals surface area contributed by atoms with Crippen molar-refractivity contribution in [3.63, 3.8) is 0 Å². The topological polar surface area (TPSA) is 86.2 Å². The van der Waals surface area contributed by atoms with Crippen LogP contribution in [0.15, 0.2) is 30.3 Å². The Morgan fingerprint density at radius 3 is 2.14 bits per heavy atom. The molecule has 112 valence electrons. The van der Waals surface area contributed by atoms with Gasteiger partial charge >= 0.3 is 0 Å². The predicted molar refractivity (Wildman–Crippen MR) is 87.2 cm³/mol. The molecule has 4 N–H and O–H groups in total. The summed E-state index contributed by atoms with van der Waals surface area (Å²) in [5, 5.41) is 0. The molecule has 0 unspecified atom stereocenters. The lowest BCUT2D eigenvalue weighted by atomic mass is 9.81. The van der Waals surface area contributed by atoms with E-state index in [9.17, 15) is 9.59 Å². The zero-order chi connectivity index (χ0) is 15.9. The van der Waals surface area contributed by atoms with Crippen LogP contribution in [0.2, 0.25) is 0 Å². The van der Waals surface area contributed by atoms with Gasteiger partial charge in [-0.25, -0.2) is 0 Å². The summed E-state index contributed by atoms with van der Waals surface area (Å²) in [6, 6.07) is 8.54. The van der Waals surface area contributed by atoms with Gasteiger partial charge in [0, 0.05) is 22.5 Å². The summed E-state index contributed by atoms with van der Waals surface area (Å²) in [4.78, 5) is 25.4. The molecular formula is C18H18N2O2. The van der Waals surface area contributed by atoms with Gasteiger partial charge in [-0.3, -0.25) is 9.59 Å². The largest absolute Gasteiger partial charge is 0.398 e. The van der Waals surface area contributed by atoms with Gasteiger partial charge in [-0.2, -0.15) is 0 Å². The number of anilines is 2. The molecule has 1 aliphatic carbocycles. The number of rotatable bonds is 3. The van der Waals surface area contributed by atoms with Gasteiger partial charge in [0.05, 0.1) is 11.1 Å². The Balaban J connectivity index is 2.24. The molecule has 0 saturated carbocycles. The number of benzene rings is 2. The monoisotopic (exact) mass is 294 g/mol. The molecule has 0 spiro atoms. The number of unbranched alkanes of at least 4 members (excludes halogenated alkanes) is 1. The van der Waals surface area contributed by atoms with E-state index < -0.39 is 0 Å². The van der Waals surface area contributed by atoms with Crippen molar-refractivity contribution in [3.8, 4) is 0 Å². The number of ketones is 2. The van der Waals surface area contributed by atoms with Crippen LogP contribution in [0.5, 0.6) is 0 Å². The molecular weight excluding hydrogens is 276 g/mol. The average Bonchev–Trinajstić information content (AvgIpc) is 2.53. The Bertz CT molecular complexity index is 794. The summed E-state index contributed by atoms with van der Waals surface area (Å²) < 4.78 is 0. The molecule has 0 amide bonds. The van der Waals surface area contributed by atoms with Crippen molar-refractivity contribution in [2.45, 2.75) is 26.2 Å². The van der Waals surface area contributed by atoms with E-state index in [1.54, 1.807) is 30.3 Å². The fourth-order valence-corrected chi connectivity index (χ4v) is 2.98. The second kappa shape index (κ2) is 5.30. The average molecular weight is 294 g/mol. The Morgan fingerprint density at radius 1 is 0.955 bits per heavy atom. The molecule has 0 saturated heterocycles. The highest BCUT2D eigenvalue weighted by molar-refractivity contribution is 6.31. The fraction of sp³-hybridized carbons (Fsp3) is 0.222. The summed E-state index contributed by atoms with van der Waals surface area (Å²) in [7, 11) is 0. The van der Waals surface area contributed by atoms with Gasteiger partial charge in [-0.05, 0) is 24.5 Å². The number of carbonyl (C=O) groups excluding carboxylic acids is 2. The van der Waals surface area contributed by atoms with Crippen LogP contribution in [0.3, 0.4) is 0 Å². The van der Waals surface area contributed by atoms with Crippen molar-refractivity contribution in [1.82, 2.24) is 0 Å². The SMILES string of the molecule is CCCCc1cc(N)c2c(c1N)C(=O)c1ccccc1C2=O. The summed E-state index contributed by atoms with van der Waals surface area (Å²) in [6.07, 6.45) is 2.73. The van der Waals surface area contributed by atoms with Crippen LogP contribution in [-0.2, 0) is 6.42 Å². The minimum Gasteiger partial charge on any atom is -0.398 e. The molecule has 0 heterocycles. The first-order valence-electron chi connectivity index (χ1n) is 7.45. The lowest BCUT2D eigenvalue weighted by Gasteiger charge is -2.22. The van der Waals surface area contributed by atoms with Crippen LogP contribution in [0.4, 0.5) is 11.4 Å². The Hall–Kier alpha value is -2.62. The molecule has 3 rings (SSSR count). The number of hydrogen-bond acceptors (Lipinski definition) is 4. The number of aryl methyl sites for hydroxylation is 1. The van der Waals surface area contributed by atoms with Crippen LogP contribution in [-0.4, -0.2) is 11.6 Å². The Kier molecular flexibility index (Phi) is 3.45. The molecule has 2 aromatic carbocycles. The van der Waals surface area contributed by atoms with Gasteiger partial charge in [0.2, 0.25) is 0 Å². The third-order valence-electron chi connectivity index (χ3n) is 4.15. The first kappa shape index (κ1) is 14.3. The molecule has 0 aliphatic heterocycles. The maximum atomic E-state index is 12.8. The number of hydrogen-bond donors (Lipinski definition) is 2. The van der Waals surface area contributed by atoms with Gasteiger partial charge < -0.3 is 11.5 Å². The fourth-order valence-electron chi connectivity index (χ4n) is 2.98. The summed E-state index contributed by atoms with van der Waals surface area (Å²) in [6.45, 7) is 2.09. The molecule has 0 radical (unpaired) electrons. The highest BCUT2D eigenvalue weighted by Crippen LogP contribution is 2.36. The van der Waals surface area contributed by atoms with Crippen LogP contribution < -0.4 is 11.5 Å². The smallest absolute Gasteiger partial charge is 0.196 e. The highest BCUT2D eigenvalue weighted by Gasteiger charge is 2.33. The number of nitrogens with two attached hydrogens (primary N) is 2. The van der Waals surface area contributed by atoms with Gasteiger partial charge in [-0.15, -0.1) is 0 Å². The molecule has 2 aromatic rings. The first-order valence-corrected chi connectivity index (χ1v) is 7.45. The Morgan fingerprint density at radius 2 is 1.55 bits per heavy atom. The second-order valence-electron chi connectivity index (χ2n) is 5.60. The van der Waals surface area contributed by atoms with Crippen molar-refractivity contribution in [1.29, 1.82) is 0 Å². The number of nitrogen functional groups attached to an aromatic ring is 2. The quantitative estimate of drug-likeness (QED) is 0.727. The molecule has 0 aromatic heterocycles. The zero-order valence-corrected chi connectivity index (χ0v) is 12.5. The molecule has 0 atom stereocenters. The van der Waals surface area contributed by atoms with E-state index in [0.717, 1.165) is 24.8 Å². The minimum absolute atomic E-state index is 0.215. The number of carbonyl (C=O) groups is 2. The van der Waals surface area contributed by atoms with E-state index in [1.807, 2.05) is 0 Å². The van der Waals surface area contributed by atoms with Crippen LogP contribution in [0.1, 0.15) is 57.2 Å². The molecule has 4 nitrogen and oxygen atoms in total. The standard InChI is InChI=1S/C18H18N2O2/c1-2-3-6-10-9-13(19)14-15(16(10)20)18(22)12-8-5-4-7-11(12)17(14)21/h4-5,7-9H,2-3,6,19-20H2,1H3. The summed E-state index contributed by atoms with van der Waals surface area (Å²) >= 11 is 0. The van der Waals surface area contributed by atoms with E-state index in [1.165, 1.54) is 0 Å². The van der Waals surface area contributed by atoms with Crippen molar-refractivity contribution >= 4 is 22.9 Å². The maximum Gasteiger partial charge on any atom is 0.196 e. The van der Waals surface area contributed by atoms with Crippen molar-refractivity contribution in [2.24, 2.45) is 0 Å². The lowest BCUT2D eigenvalue weighted by molar-refractivity contribution is 0.0980. The van der Waals surface area contributed by atoms with E-state index in [-0.39, 0.29) is 22.7 Å². The number of fused-ring (bicyclic) bond motifs is 2. The lowest BCUT2D eigenvalue weighted by Crippen LogP contribution is -2.24. The highest BCUT2D eigenvalue weighted by atomic mass is 16.1. The van der Waals surface area contributed by atoms with Crippen LogP contribution in [0.25, 0.3) is 0 Å². The third-order valence-corrected chi connectivity index (χ3v) is 4.15. The van der Waals surface area contributed by atoms with E-state index in [2.05, 4.69) is 6.92 Å². The summed E-state index contributed by atoms with van der Waals surface area (Å²) in [5.74, 6) is -0.441. The van der Waals surface area contributed by atoms with Crippen molar-refractivity contribution in [3.05, 3.63) is 58.1 Å². The Labute approximate surface area is 129 Å². The first-order chi connectivity index (χ1) is 10.6. The van der Waals surface area contributed by atoms with Crippen molar-refractivity contribution < 1.29 is 9.59 Å². The normalized spacial score (nSPS) is 13.0. The van der Waals surface area contributed by atoms with Gasteiger partial charge in [0.15, 0.2) is 11.6 Å². The van der Waals surface area contributed by atoms with Gasteiger partial charge in [0.25, 0.3) is 0 Å². The van der Waals surface area contributed by atoms with Crippen LogP contribution >= 0.6 is 0 Å². The van der Waals surface area contributed by atoms with Gasteiger partial charge in [-0.1, -0.05) is 37.6 Å². The van der Waals surface area contributed by atoms with E-state index in [0.29, 0.717) is 22.5 Å². The maximum absolute atomic E-state index is 12.8. The molecule has 1 aliphatic rings. The van der Waals surface area contributed by atoms with Crippen LogP contribution in [0, 0.1) is 0 Å². The second-order valence-corrected chi connectivity index (χ2v) is 5.60. The molecule has 0 fully saturated rings. The van der Waals surface area contributed by atoms with Gasteiger partial charge in [0.1, 0.15) is 0 Å². The predicted octanol–water partition coefficient (Wildman–Crippen LogP) is 2.97.